The molecule has 0 spiro atoms. The van der Waals surface area contributed by atoms with Crippen molar-refractivity contribution in [3.05, 3.63) is 35.4 Å². The van der Waals surface area contributed by atoms with Crippen molar-refractivity contribution in [3.8, 4) is 0 Å². The molecule has 0 heterocycles. The van der Waals surface area contributed by atoms with Crippen molar-refractivity contribution in [2.24, 2.45) is 0 Å². The van der Waals surface area contributed by atoms with Gasteiger partial charge in [0, 0.05) is 6.92 Å². The van der Waals surface area contributed by atoms with Crippen LogP contribution < -0.4 is 5.32 Å². The molecule has 0 saturated heterocycles. The van der Waals surface area contributed by atoms with Crippen molar-refractivity contribution < 1.29 is 4.79 Å². The highest BCUT2D eigenvalue weighted by molar-refractivity contribution is 6.21. The van der Waals surface area contributed by atoms with Crippen LogP contribution in [0.15, 0.2) is 24.3 Å². The third-order valence-corrected chi connectivity index (χ3v) is 2.93. The molecular weight excluding hydrogens is 198 g/mol. The number of nitrogens with one attached hydrogen (secondary N) is 1. The summed E-state index contributed by atoms with van der Waals surface area (Å²) in [5.41, 5.74) is 2.40. The molecule has 2 atom stereocenters. The summed E-state index contributed by atoms with van der Waals surface area (Å²) in [6, 6.07) is 8.04. The lowest BCUT2D eigenvalue weighted by Gasteiger charge is -2.15. The molecule has 1 N–H and O–H groups in total. The van der Waals surface area contributed by atoms with E-state index in [1.807, 2.05) is 18.2 Å². The summed E-state index contributed by atoms with van der Waals surface area (Å²) in [6.45, 7) is 1.52. The summed E-state index contributed by atoms with van der Waals surface area (Å²) >= 11 is 6.17. The maximum Gasteiger partial charge on any atom is 0.217 e. The van der Waals surface area contributed by atoms with Crippen LogP contribution >= 0.6 is 11.6 Å². The highest BCUT2D eigenvalue weighted by Gasteiger charge is 2.30. The third-order valence-electron chi connectivity index (χ3n) is 2.53. The fraction of sp³-hybridized carbons (Fsp3) is 0.364. The van der Waals surface area contributed by atoms with Crippen molar-refractivity contribution in [2.45, 2.75) is 24.8 Å². The van der Waals surface area contributed by atoms with E-state index in [0.29, 0.717) is 0 Å². The minimum absolute atomic E-state index is 0.0173. The molecule has 1 aromatic carbocycles. The van der Waals surface area contributed by atoms with E-state index in [9.17, 15) is 4.79 Å². The van der Waals surface area contributed by atoms with E-state index in [1.54, 1.807) is 0 Å². The summed E-state index contributed by atoms with van der Waals surface area (Å²) in [6.07, 6.45) is 0.836. The van der Waals surface area contributed by atoms with E-state index >= 15 is 0 Å². The summed E-state index contributed by atoms with van der Waals surface area (Å²) in [5.74, 6) is -0.0302. The minimum atomic E-state index is -0.0302. The van der Waals surface area contributed by atoms with E-state index in [4.69, 9.17) is 11.6 Å². The molecule has 0 aliphatic heterocycles. The molecule has 0 saturated carbocycles. The molecule has 14 heavy (non-hydrogen) atoms. The topological polar surface area (TPSA) is 29.1 Å². The molecule has 3 heteroatoms. The molecule has 74 valence electrons. The van der Waals surface area contributed by atoms with Gasteiger partial charge in [-0.3, -0.25) is 4.79 Å². The Morgan fingerprint density at radius 1 is 1.50 bits per heavy atom. The normalized spacial score (nSPS) is 24.4. The van der Waals surface area contributed by atoms with Crippen LogP contribution in [-0.2, 0) is 11.2 Å². The first-order chi connectivity index (χ1) is 6.68. The molecule has 0 unspecified atom stereocenters. The van der Waals surface area contributed by atoms with E-state index in [1.165, 1.54) is 12.5 Å². The van der Waals surface area contributed by atoms with Gasteiger partial charge in [0.05, 0.1) is 11.4 Å². The molecule has 0 fully saturated rings. The average Bonchev–Trinajstić information content (AvgIpc) is 2.43. The maximum atomic E-state index is 11.0. The Balaban J connectivity index is 2.30. The SMILES string of the molecule is CC(=O)N[C@@H]1c2ccccc2C[C@@H]1Cl. The summed E-state index contributed by atoms with van der Waals surface area (Å²) in [5, 5.41) is 2.86. The largest absolute Gasteiger partial charge is 0.348 e. The van der Waals surface area contributed by atoms with Crippen molar-refractivity contribution in [1.82, 2.24) is 5.32 Å². The zero-order valence-electron chi connectivity index (χ0n) is 7.96. The van der Waals surface area contributed by atoms with Gasteiger partial charge < -0.3 is 5.32 Å². The molecule has 1 amide bonds. The van der Waals surface area contributed by atoms with Crippen LogP contribution in [0.5, 0.6) is 0 Å². The highest BCUT2D eigenvalue weighted by Crippen LogP contribution is 2.34. The minimum Gasteiger partial charge on any atom is -0.348 e. The van der Waals surface area contributed by atoms with Crippen molar-refractivity contribution in [2.75, 3.05) is 0 Å². The van der Waals surface area contributed by atoms with Gasteiger partial charge in [-0.1, -0.05) is 24.3 Å². The Morgan fingerprint density at radius 3 is 2.93 bits per heavy atom. The highest BCUT2D eigenvalue weighted by atomic mass is 35.5. The Hall–Kier alpha value is -1.02. The first-order valence-corrected chi connectivity index (χ1v) is 5.11. The van der Waals surface area contributed by atoms with E-state index in [-0.39, 0.29) is 17.3 Å². The summed E-state index contributed by atoms with van der Waals surface area (Å²) in [4.78, 5) is 11.0. The number of amides is 1. The van der Waals surface area contributed by atoms with Crippen LogP contribution in [-0.4, -0.2) is 11.3 Å². The van der Waals surface area contributed by atoms with Gasteiger partial charge in [-0.2, -0.15) is 0 Å². The van der Waals surface area contributed by atoms with Crippen molar-refractivity contribution in [1.29, 1.82) is 0 Å². The first-order valence-electron chi connectivity index (χ1n) is 4.67. The molecule has 0 aromatic heterocycles. The van der Waals surface area contributed by atoms with E-state index in [0.717, 1.165) is 12.0 Å². The fourth-order valence-electron chi connectivity index (χ4n) is 1.93. The number of benzene rings is 1. The number of hydrogen-bond donors (Lipinski definition) is 1. The number of fused-ring (bicyclic) bond motifs is 1. The second kappa shape index (κ2) is 3.62. The lowest BCUT2D eigenvalue weighted by Crippen LogP contribution is -2.29. The zero-order chi connectivity index (χ0) is 10.1. The van der Waals surface area contributed by atoms with Gasteiger partial charge in [-0.15, -0.1) is 11.6 Å². The van der Waals surface area contributed by atoms with Crippen LogP contribution in [0.1, 0.15) is 24.1 Å². The monoisotopic (exact) mass is 209 g/mol. The van der Waals surface area contributed by atoms with E-state index in [2.05, 4.69) is 11.4 Å². The number of carbonyl (C=O) groups excluding carboxylic acids is 1. The zero-order valence-corrected chi connectivity index (χ0v) is 8.71. The third kappa shape index (κ3) is 1.62. The van der Waals surface area contributed by atoms with Gasteiger partial charge in [-0.05, 0) is 17.5 Å². The van der Waals surface area contributed by atoms with Gasteiger partial charge in [0.25, 0.3) is 0 Å². The standard InChI is InChI=1S/C11H12ClNO/c1-7(14)13-11-9-5-3-2-4-8(9)6-10(11)12/h2-5,10-11H,6H2,1H3,(H,13,14)/t10-,11+/m0/s1. The maximum absolute atomic E-state index is 11.0. The Kier molecular flexibility index (Phi) is 2.46. The van der Waals surface area contributed by atoms with Gasteiger partial charge in [0.1, 0.15) is 0 Å². The van der Waals surface area contributed by atoms with Crippen LogP contribution in [0.25, 0.3) is 0 Å². The van der Waals surface area contributed by atoms with Gasteiger partial charge in [-0.25, -0.2) is 0 Å². The Morgan fingerprint density at radius 2 is 2.21 bits per heavy atom. The molecule has 0 bridgehead atoms. The predicted octanol–water partition coefficient (Wildman–Crippen LogP) is 2.03. The number of alkyl halides is 1. The molecule has 1 aromatic rings. The van der Waals surface area contributed by atoms with E-state index < -0.39 is 0 Å². The molecule has 2 nitrogen and oxygen atoms in total. The lowest BCUT2D eigenvalue weighted by atomic mass is 10.1. The fourth-order valence-corrected chi connectivity index (χ4v) is 2.30. The summed E-state index contributed by atoms with van der Waals surface area (Å²) in [7, 11) is 0. The van der Waals surface area contributed by atoms with Crippen molar-refractivity contribution >= 4 is 17.5 Å². The number of hydrogen-bond acceptors (Lipinski definition) is 1. The lowest BCUT2D eigenvalue weighted by molar-refractivity contribution is -0.119. The van der Waals surface area contributed by atoms with Gasteiger partial charge in [0.15, 0.2) is 0 Å². The molecular formula is C11H12ClNO. The van der Waals surface area contributed by atoms with Crippen molar-refractivity contribution in [3.63, 3.8) is 0 Å². The van der Waals surface area contributed by atoms with Crippen LogP contribution in [0.4, 0.5) is 0 Å². The number of halogens is 1. The second-order valence-electron chi connectivity index (χ2n) is 3.60. The smallest absolute Gasteiger partial charge is 0.217 e. The van der Waals surface area contributed by atoms with Crippen LogP contribution in [0, 0.1) is 0 Å². The second-order valence-corrected chi connectivity index (χ2v) is 4.16. The van der Waals surface area contributed by atoms with Crippen LogP contribution in [0.3, 0.4) is 0 Å². The predicted molar refractivity (Wildman–Crippen MR) is 56.3 cm³/mol. The molecule has 1 aliphatic rings. The van der Waals surface area contributed by atoms with Crippen LogP contribution in [0.2, 0.25) is 0 Å². The van der Waals surface area contributed by atoms with Gasteiger partial charge in [0.2, 0.25) is 5.91 Å². The number of rotatable bonds is 1. The quantitative estimate of drug-likeness (QED) is 0.705. The average molecular weight is 210 g/mol. The van der Waals surface area contributed by atoms with Gasteiger partial charge >= 0.3 is 0 Å². The molecule has 0 radical (unpaired) electrons. The number of carbonyl (C=O) groups is 1. The Labute approximate surface area is 88.3 Å². The molecule has 1 aliphatic carbocycles. The Bertz CT molecular complexity index is 364. The summed E-state index contributed by atoms with van der Waals surface area (Å²) < 4.78 is 0. The first kappa shape index (κ1) is 9.53. The molecule has 2 rings (SSSR count).